The molecule has 20 heavy (non-hydrogen) atoms. The Kier molecular flexibility index (Phi) is 4.37. The number of amides is 3. The first-order valence-corrected chi connectivity index (χ1v) is 6.92. The standard InChI is InChI=1S/C14H15N3O2S/c1-9-7-8-20-12(9)13(18)16-10-3-5-11(6-4-10)17-14(19)15-2/h3-8H,1-2H3,(H,16,18)(H2,15,17,19). The van der Waals surface area contributed by atoms with Crippen molar-refractivity contribution in [1.82, 2.24) is 5.32 Å². The Bertz CT molecular complexity index is 620. The van der Waals surface area contributed by atoms with E-state index in [1.54, 1.807) is 31.3 Å². The van der Waals surface area contributed by atoms with Crippen LogP contribution in [0.5, 0.6) is 0 Å². The van der Waals surface area contributed by atoms with Gasteiger partial charge in [0.2, 0.25) is 0 Å². The Morgan fingerprint density at radius 1 is 1.00 bits per heavy atom. The number of nitrogens with one attached hydrogen (secondary N) is 3. The van der Waals surface area contributed by atoms with Crippen LogP contribution in [-0.2, 0) is 0 Å². The number of thiophene rings is 1. The maximum absolute atomic E-state index is 12.0. The van der Waals surface area contributed by atoms with E-state index in [0.29, 0.717) is 16.3 Å². The van der Waals surface area contributed by atoms with Crippen molar-refractivity contribution in [2.24, 2.45) is 0 Å². The third-order valence-electron chi connectivity index (χ3n) is 2.70. The minimum Gasteiger partial charge on any atom is -0.341 e. The lowest BCUT2D eigenvalue weighted by Gasteiger charge is -2.07. The van der Waals surface area contributed by atoms with E-state index in [1.165, 1.54) is 11.3 Å². The van der Waals surface area contributed by atoms with Gasteiger partial charge >= 0.3 is 6.03 Å². The van der Waals surface area contributed by atoms with Crippen LogP contribution in [0.15, 0.2) is 35.7 Å². The monoisotopic (exact) mass is 289 g/mol. The van der Waals surface area contributed by atoms with E-state index in [0.717, 1.165) is 5.56 Å². The van der Waals surface area contributed by atoms with E-state index in [4.69, 9.17) is 0 Å². The van der Waals surface area contributed by atoms with Crippen LogP contribution in [0.2, 0.25) is 0 Å². The summed E-state index contributed by atoms with van der Waals surface area (Å²) in [4.78, 5) is 23.9. The molecule has 1 aromatic carbocycles. The molecule has 0 aliphatic heterocycles. The molecule has 2 aromatic rings. The van der Waals surface area contributed by atoms with Gasteiger partial charge in [-0.25, -0.2) is 4.79 Å². The molecule has 0 atom stereocenters. The van der Waals surface area contributed by atoms with Crippen LogP contribution in [0.1, 0.15) is 15.2 Å². The van der Waals surface area contributed by atoms with E-state index in [1.807, 2.05) is 18.4 Å². The van der Waals surface area contributed by atoms with Crippen LogP contribution in [0.3, 0.4) is 0 Å². The summed E-state index contributed by atoms with van der Waals surface area (Å²) in [6.45, 7) is 1.90. The van der Waals surface area contributed by atoms with Crippen molar-refractivity contribution in [2.45, 2.75) is 6.92 Å². The number of urea groups is 1. The molecular formula is C14H15N3O2S. The van der Waals surface area contributed by atoms with Crippen molar-refractivity contribution in [3.63, 3.8) is 0 Å². The molecule has 0 bridgehead atoms. The summed E-state index contributed by atoms with van der Waals surface area (Å²) in [5, 5.41) is 9.83. The fourth-order valence-corrected chi connectivity index (χ4v) is 2.44. The number of benzene rings is 1. The van der Waals surface area contributed by atoms with Gasteiger partial charge in [0, 0.05) is 18.4 Å². The number of anilines is 2. The SMILES string of the molecule is CNC(=O)Nc1ccc(NC(=O)c2sccc2C)cc1. The molecule has 5 nitrogen and oxygen atoms in total. The average Bonchev–Trinajstić information content (AvgIpc) is 2.87. The molecule has 0 unspecified atom stereocenters. The lowest BCUT2D eigenvalue weighted by molar-refractivity contribution is 0.103. The Hall–Kier alpha value is -2.34. The van der Waals surface area contributed by atoms with E-state index in [2.05, 4.69) is 16.0 Å². The Morgan fingerprint density at radius 2 is 1.60 bits per heavy atom. The molecule has 0 radical (unpaired) electrons. The van der Waals surface area contributed by atoms with Crippen LogP contribution >= 0.6 is 11.3 Å². The van der Waals surface area contributed by atoms with E-state index < -0.39 is 0 Å². The van der Waals surface area contributed by atoms with Crippen LogP contribution in [0.4, 0.5) is 16.2 Å². The Balaban J connectivity index is 2.02. The van der Waals surface area contributed by atoms with Gasteiger partial charge in [0.1, 0.15) is 0 Å². The van der Waals surface area contributed by atoms with E-state index in [-0.39, 0.29) is 11.9 Å². The molecule has 0 spiro atoms. The molecule has 0 fully saturated rings. The zero-order valence-corrected chi connectivity index (χ0v) is 12.0. The Morgan fingerprint density at radius 3 is 2.10 bits per heavy atom. The zero-order valence-electron chi connectivity index (χ0n) is 11.2. The van der Waals surface area contributed by atoms with Gasteiger partial charge in [-0.05, 0) is 48.2 Å². The van der Waals surface area contributed by atoms with Crippen LogP contribution in [-0.4, -0.2) is 19.0 Å². The van der Waals surface area contributed by atoms with Crippen LogP contribution in [0, 0.1) is 6.92 Å². The second-order valence-corrected chi connectivity index (χ2v) is 5.08. The fraction of sp³-hybridized carbons (Fsp3) is 0.143. The van der Waals surface area contributed by atoms with Crippen molar-refractivity contribution in [1.29, 1.82) is 0 Å². The quantitative estimate of drug-likeness (QED) is 0.812. The highest BCUT2D eigenvalue weighted by Gasteiger charge is 2.10. The first-order chi connectivity index (χ1) is 9.60. The highest BCUT2D eigenvalue weighted by Crippen LogP contribution is 2.19. The molecule has 104 valence electrons. The molecule has 0 saturated carbocycles. The van der Waals surface area contributed by atoms with Gasteiger partial charge in [-0.15, -0.1) is 11.3 Å². The van der Waals surface area contributed by atoms with Crippen molar-refractivity contribution >= 4 is 34.6 Å². The number of hydrogen-bond acceptors (Lipinski definition) is 3. The molecule has 1 aromatic heterocycles. The summed E-state index contributed by atoms with van der Waals surface area (Å²) in [6.07, 6.45) is 0. The summed E-state index contributed by atoms with van der Waals surface area (Å²) in [5.74, 6) is -0.121. The summed E-state index contributed by atoms with van der Waals surface area (Å²) < 4.78 is 0. The second-order valence-electron chi connectivity index (χ2n) is 4.17. The lowest BCUT2D eigenvalue weighted by Crippen LogP contribution is -2.24. The predicted molar refractivity (Wildman–Crippen MR) is 81.5 cm³/mol. The molecule has 3 N–H and O–H groups in total. The van der Waals surface area contributed by atoms with Gasteiger partial charge in [0.05, 0.1) is 4.88 Å². The van der Waals surface area contributed by atoms with Crippen LogP contribution in [0.25, 0.3) is 0 Å². The first-order valence-electron chi connectivity index (χ1n) is 6.04. The maximum atomic E-state index is 12.0. The van der Waals surface area contributed by atoms with Gasteiger partial charge in [0.15, 0.2) is 0 Å². The largest absolute Gasteiger partial charge is 0.341 e. The summed E-state index contributed by atoms with van der Waals surface area (Å²) in [5.41, 5.74) is 2.31. The molecule has 0 aliphatic carbocycles. The number of hydrogen-bond donors (Lipinski definition) is 3. The summed E-state index contributed by atoms with van der Waals surface area (Å²) in [7, 11) is 1.55. The third kappa shape index (κ3) is 3.36. The molecule has 6 heteroatoms. The predicted octanol–water partition coefficient (Wildman–Crippen LogP) is 3.06. The Labute approximate surface area is 121 Å². The second kappa shape index (κ2) is 6.21. The minimum atomic E-state index is -0.281. The number of aryl methyl sites for hydroxylation is 1. The highest BCUT2D eigenvalue weighted by molar-refractivity contribution is 7.12. The zero-order chi connectivity index (χ0) is 14.5. The number of rotatable bonds is 3. The number of carbonyl (C=O) groups is 2. The molecule has 2 rings (SSSR count). The third-order valence-corrected chi connectivity index (χ3v) is 3.71. The molecular weight excluding hydrogens is 274 g/mol. The summed E-state index contributed by atoms with van der Waals surface area (Å²) >= 11 is 1.41. The van der Waals surface area contributed by atoms with Crippen molar-refractivity contribution in [3.8, 4) is 0 Å². The molecule has 0 saturated heterocycles. The van der Waals surface area contributed by atoms with E-state index in [9.17, 15) is 9.59 Å². The average molecular weight is 289 g/mol. The smallest absolute Gasteiger partial charge is 0.318 e. The normalized spacial score (nSPS) is 9.90. The van der Waals surface area contributed by atoms with Crippen LogP contribution < -0.4 is 16.0 Å². The highest BCUT2D eigenvalue weighted by atomic mass is 32.1. The van der Waals surface area contributed by atoms with Gasteiger partial charge in [-0.3, -0.25) is 4.79 Å². The summed E-state index contributed by atoms with van der Waals surface area (Å²) in [6, 6.07) is 8.57. The van der Waals surface area contributed by atoms with Crippen molar-refractivity contribution < 1.29 is 9.59 Å². The topological polar surface area (TPSA) is 70.2 Å². The van der Waals surface area contributed by atoms with Gasteiger partial charge in [0.25, 0.3) is 5.91 Å². The molecule has 3 amide bonds. The lowest BCUT2D eigenvalue weighted by atomic mass is 10.2. The first kappa shape index (κ1) is 14.1. The fourth-order valence-electron chi connectivity index (χ4n) is 1.62. The van der Waals surface area contributed by atoms with Gasteiger partial charge in [-0.2, -0.15) is 0 Å². The molecule has 0 aliphatic rings. The number of carbonyl (C=O) groups excluding carboxylic acids is 2. The van der Waals surface area contributed by atoms with E-state index >= 15 is 0 Å². The molecule has 1 heterocycles. The maximum Gasteiger partial charge on any atom is 0.318 e. The van der Waals surface area contributed by atoms with Crippen molar-refractivity contribution in [3.05, 3.63) is 46.2 Å². The van der Waals surface area contributed by atoms with Gasteiger partial charge < -0.3 is 16.0 Å². The van der Waals surface area contributed by atoms with Crippen molar-refractivity contribution in [2.75, 3.05) is 17.7 Å². The minimum absolute atomic E-state index is 0.121. The van der Waals surface area contributed by atoms with Gasteiger partial charge in [-0.1, -0.05) is 0 Å².